The molecule has 3 aliphatic rings. The first-order chi connectivity index (χ1) is 43.4. The first kappa shape index (κ1) is 86.4. The quantitative estimate of drug-likeness (QED) is 0.0232. The Kier molecular flexibility index (Phi) is 49.2. The van der Waals surface area contributed by atoms with Gasteiger partial charge in [0.2, 0.25) is 23.6 Å². The molecule has 0 saturated heterocycles. The molecule has 0 aromatic carbocycles. The molecule has 532 valence electrons. The van der Waals surface area contributed by atoms with E-state index in [1.54, 1.807) is 27.7 Å². The zero-order chi connectivity index (χ0) is 68.7. The number of carbonyl (C=O) groups excluding carboxylic acids is 8. The van der Waals surface area contributed by atoms with E-state index in [0.29, 0.717) is 63.8 Å². The van der Waals surface area contributed by atoms with E-state index in [4.69, 9.17) is 33.9 Å². The predicted octanol–water partition coefficient (Wildman–Crippen LogP) is 4.16. The summed E-state index contributed by atoms with van der Waals surface area (Å²) in [5, 5.41) is 60.5. The van der Waals surface area contributed by atoms with Crippen LogP contribution >= 0.6 is 0 Å². The van der Waals surface area contributed by atoms with Gasteiger partial charge in [0.15, 0.2) is 0 Å². The number of aliphatic hydroxyl groups excluding tert-OH is 4. The number of hydrogen-bond acceptors (Lipinski definition) is 21. The number of unbranched alkanes of at least 4 members (excludes halogenated alkanes) is 3. The standard InChI is InChI=1S/C20H36N2O4.C16H30N2O4.C16H32N2O4.C14H28N2O5/c1-5-13(3)22-19(25)17(9-18(24)26-6-2)21-12-20(4)10-14-7-16(20)8-15(14)11-23;1-4-11(3)17-15(20)10-14(16(21)22-5-2)18-12-6-8-13(19)9-7-12;1-4-13(3)18-15(20)12-14(16(21)22-5-2)17-10-8-6-7-9-11-19;1-4-11(3)16-13(18)10-12(14(19)21-5-2)15-6-8-20-9-7-17/h13-17,21,23H,5-12H2,1-4H3,(H,22,25);11-14,18-19H,4-10H2,1-3H3,(H,17,20);13-14,17,19H,4-12H2,1-3H3,(H,18,20);11-12,15,17H,4-10H2,1-3H3,(H,16,18). The van der Waals surface area contributed by atoms with Crippen LogP contribution in [0.15, 0.2) is 0 Å². The molecule has 12 N–H and O–H groups in total. The number of carbonyl (C=O) groups is 8. The van der Waals surface area contributed by atoms with Crippen LogP contribution in [0, 0.1) is 23.2 Å². The molecule has 3 fully saturated rings. The van der Waals surface area contributed by atoms with Crippen molar-refractivity contribution in [1.82, 2.24) is 42.5 Å². The highest BCUT2D eigenvalue weighted by atomic mass is 16.5. The molecule has 0 aromatic heterocycles. The second-order valence-electron chi connectivity index (χ2n) is 24.7. The molecule has 12 atom stereocenters. The van der Waals surface area contributed by atoms with Gasteiger partial charge in [-0.2, -0.15) is 0 Å². The SMILES string of the molecule is CCOC(=O)C(CC(=O)NC(C)CC)NC1CCC(O)CC1.CCOC(=O)C(CC(=O)NC(C)CC)NCCCCCCO.CCOC(=O)C(CC(=O)NC(C)CC)NCCOCCO.CCOC(=O)CC(NCC1(C)CC2CC1CC2CO)C(=O)NC(C)CC. The predicted molar refractivity (Wildman–Crippen MR) is 350 cm³/mol. The first-order valence-corrected chi connectivity index (χ1v) is 34.3. The fraction of sp³-hybridized carbons (Fsp3) is 0.879. The smallest absolute Gasteiger partial charge is 0.323 e. The summed E-state index contributed by atoms with van der Waals surface area (Å²) in [6.45, 7) is 29.0. The summed E-state index contributed by atoms with van der Waals surface area (Å²) in [7, 11) is 0. The van der Waals surface area contributed by atoms with Gasteiger partial charge in [-0.3, -0.25) is 38.4 Å². The van der Waals surface area contributed by atoms with Gasteiger partial charge in [-0.15, -0.1) is 0 Å². The van der Waals surface area contributed by atoms with Gasteiger partial charge in [-0.05, 0) is 169 Å². The summed E-state index contributed by atoms with van der Waals surface area (Å²) in [5.74, 6) is -0.536. The lowest BCUT2D eigenvalue weighted by Gasteiger charge is -2.38. The first-order valence-electron chi connectivity index (χ1n) is 34.3. The average molecular weight is 1300 g/mol. The average Bonchev–Trinajstić information content (AvgIpc) is 1.62. The maximum atomic E-state index is 12.6. The number of ether oxygens (including phenoxy) is 5. The van der Waals surface area contributed by atoms with Gasteiger partial charge in [0.1, 0.15) is 18.1 Å². The van der Waals surface area contributed by atoms with E-state index < -0.39 is 30.1 Å². The lowest BCUT2D eigenvalue weighted by molar-refractivity contribution is -0.148. The molecular weight excluding hydrogens is 1180 g/mol. The molecule has 25 heteroatoms. The minimum atomic E-state index is -0.688. The molecule has 0 heterocycles. The van der Waals surface area contributed by atoms with E-state index in [1.807, 2.05) is 55.4 Å². The summed E-state index contributed by atoms with van der Waals surface area (Å²) < 4.78 is 25.2. The molecule has 0 spiro atoms. The fourth-order valence-electron chi connectivity index (χ4n) is 10.8. The van der Waals surface area contributed by atoms with E-state index in [1.165, 1.54) is 6.42 Å². The maximum absolute atomic E-state index is 12.6. The van der Waals surface area contributed by atoms with Crippen LogP contribution in [0.4, 0.5) is 0 Å². The van der Waals surface area contributed by atoms with Gasteiger partial charge < -0.3 is 86.6 Å². The molecule has 4 amide bonds. The number of hydrogen-bond donors (Lipinski definition) is 12. The van der Waals surface area contributed by atoms with Gasteiger partial charge in [-0.25, -0.2) is 0 Å². The number of nitrogens with one attached hydrogen (secondary N) is 8. The van der Waals surface area contributed by atoms with Crippen LogP contribution in [0.1, 0.15) is 212 Å². The third-order valence-corrected chi connectivity index (χ3v) is 17.0. The molecule has 3 rings (SSSR count). The third kappa shape index (κ3) is 39.0. The van der Waals surface area contributed by atoms with Crippen LogP contribution in [0.25, 0.3) is 0 Å². The molecule has 91 heavy (non-hydrogen) atoms. The highest BCUT2D eigenvalue weighted by Crippen LogP contribution is 2.58. The molecule has 12 unspecified atom stereocenters. The zero-order valence-electron chi connectivity index (χ0n) is 58.0. The van der Waals surface area contributed by atoms with Crippen LogP contribution in [0.2, 0.25) is 0 Å². The van der Waals surface area contributed by atoms with Crippen molar-refractivity contribution >= 4 is 47.5 Å². The summed E-state index contributed by atoms with van der Waals surface area (Å²) in [5.41, 5.74) is 0.125. The summed E-state index contributed by atoms with van der Waals surface area (Å²) >= 11 is 0. The minimum Gasteiger partial charge on any atom is -0.466 e. The molecule has 0 aromatic rings. The molecular formula is C66H126N8O17. The maximum Gasteiger partial charge on any atom is 0.323 e. The second kappa shape index (κ2) is 51.8. The Hall–Kier alpha value is -4.60. The van der Waals surface area contributed by atoms with Crippen LogP contribution in [-0.2, 0) is 62.0 Å². The molecule has 2 bridgehead atoms. The van der Waals surface area contributed by atoms with E-state index in [2.05, 4.69) is 49.5 Å². The highest BCUT2D eigenvalue weighted by molar-refractivity contribution is 5.88. The van der Waals surface area contributed by atoms with Crippen molar-refractivity contribution in [3.63, 3.8) is 0 Å². The Bertz CT molecular complexity index is 2000. The Morgan fingerprint density at radius 3 is 1.41 bits per heavy atom. The van der Waals surface area contributed by atoms with E-state index in [0.717, 1.165) is 89.9 Å². The normalized spacial score (nSPS) is 21.5. The Morgan fingerprint density at radius 2 is 0.967 bits per heavy atom. The molecule has 3 aliphatic carbocycles. The highest BCUT2D eigenvalue weighted by Gasteiger charge is 2.52. The van der Waals surface area contributed by atoms with Gasteiger partial charge in [0.25, 0.3) is 0 Å². The summed E-state index contributed by atoms with van der Waals surface area (Å²) in [4.78, 5) is 96.1. The van der Waals surface area contributed by atoms with Crippen molar-refractivity contribution in [2.24, 2.45) is 23.2 Å². The third-order valence-electron chi connectivity index (χ3n) is 17.0. The lowest BCUT2D eigenvalue weighted by atomic mass is 9.71. The van der Waals surface area contributed by atoms with Crippen molar-refractivity contribution in [2.75, 3.05) is 79.1 Å². The number of esters is 4. The van der Waals surface area contributed by atoms with Gasteiger partial charge in [-0.1, -0.05) is 47.5 Å². The topological polar surface area (TPSA) is 360 Å². The van der Waals surface area contributed by atoms with E-state index in [-0.39, 0.29) is 142 Å². The van der Waals surface area contributed by atoms with Crippen molar-refractivity contribution < 1.29 is 82.5 Å². The Morgan fingerprint density at radius 1 is 0.505 bits per heavy atom. The molecule has 0 radical (unpaired) electrons. The fourth-order valence-corrected chi connectivity index (χ4v) is 10.8. The summed E-state index contributed by atoms with van der Waals surface area (Å²) in [6, 6.07) is -1.96. The summed E-state index contributed by atoms with van der Waals surface area (Å²) in [6.07, 6.45) is 13.5. The monoisotopic (exact) mass is 1300 g/mol. The lowest BCUT2D eigenvalue weighted by Crippen LogP contribution is -2.51. The van der Waals surface area contributed by atoms with Crippen molar-refractivity contribution in [1.29, 1.82) is 0 Å². The van der Waals surface area contributed by atoms with Crippen LogP contribution < -0.4 is 42.5 Å². The number of amides is 4. The Labute approximate surface area is 545 Å². The Balaban J connectivity index is 0.00000119. The molecule has 0 aliphatic heterocycles. The van der Waals surface area contributed by atoms with Crippen LogP contribution in [0.5, 0.6) is 0 Å². The number of rotatable bonds is 43. The van der Waals surface area contributed by atoms with Crippen molar-refractivity contribution in [3.05, 3.63) is 0 Å². The van der Waals surface area contributed by atoms with Gasteiger partial charge in [0.05, 0.1) is 84.1 Å². The minimum absolute atomic E-state index is 0.0309. The van der Waals surface area contributed by atoms with Crippen LogP contribution in [-0.4, -0.2) is 208 Å². The van der Waals surface area contributed by atoms with Crippen molar-refractivity contribution in [2.45, 2.75) is 272 Å². The van der Waals surface area contributed by atoms with Gasteiger partial charge in [0, 0.05) is 56.5 Å². The molecule has 25 nitrogen and oxygen atoms in total. The molecule has 3 saturated carbocycles. The van der Waals surface area contributed by atoms with E-state index in [9.17, 15) is 48.6 Å². The number of fused-ring (bicyclic) bond motifs is 2. The zero-order valence-corrected chi connectivity index (χ0v) is 58.0. The largest absolute Gasteiger partial charge is 0.466 e. The second-order valence-corrected chi connectivity index (χ2v) is 24.7. The van der Waals surface area contributed by atoms with E-state index >= 15 is 0 Å². The number of aliphatic hydroxyl groups is 4. The van der Waals surface area contributed by atoms with Gasteiger partial charge >= 0.3 is 23.9 Å². The van der Waals surface area contributed by atoms with Crippen molar-refractivity contribution in [3.8, 4) is 0 Å². The van der Waals surface area contributed by atoms with Crippen LogP contribution in [0.3, 0.4) is 0 Å².